The van der Waals surface area contributed by atoms with Gasteiger partial charge in [0.15, 0.2) is 0 Å². The van der Waals surface area contributed by atoms with E-state index in [1.807, 2.05) is 0 Å². The Bertz CT molecular complexity index is 2200. The van der Waals surface area contributed by atoms with Crippen molar-refractivity contribution in [3.63, 3.8) is 0 Å². The summed E-state index contributed by atoms with van der Waals surface area (Å²) in [5.74, 6) is 0. The zero-order chi connectivity index (χ0) is 30.7. The molecule has 8 aromatic carbocycles. The molecule has 2 heteroatoms. The van der Waals surface area contributed by atoms with Crippen LogP contribution in [0.1, 0.15) is 0 Å². The van der Waals surface area contributed by atoms with Gasteiger partial charge in [0.1, 0.15) is 0 Å². The molecule has 0 aliphatic carbocycles. The van der Waals surface area contributed by atoms with Crippen LogP contribution in [0.25, 0.3) is 43.8 Å². The molecule has 0 spiro atoms. The molecule has 218 valence electrons. The average Bonchev–Trinajstić information content (AvgIpc) is 3.14. The molecule has 0 bridgehead atoms. The van der Waals surface area contributed by atoms with Gasteiger partial charge in [-0.15, -0.1) is 0 Å². The first kappa shape index (κ1) is 28.6. The van der Waals surface area contributed by atoms with Crippen molar-refractivity contribution in [1.82, 2.24) is 0 Å². The summed E-state index contributed by atoms with van der Waals surface area (Å²) in [4.78, 5) is 0. The fourth-order valence-electron chi connectivity index (χ4n) is 6.53. The van der Waals surface area contributed by atoms with Crippen molar-refractivity contribution in [1.29, 1.82) is 0 Å². The first-order valence-electron chi connectivity index (χ1n) is 15.7. The lowest BCUT2D eigenvalue weighted by Crippen LogP contribution is -2.22. The highest BCUT2D eigenvalue weighted by molar-refractivity contribution is 8.41. The molecule has 0 saturated carbocycles. The van der Waals surface area contributed by atoms with Gasteiger partial charge in [-0.3, -0.25) is 0 Å². The normalized spacial score (nSPS) is 12.0. The van der Waals surface area contributed by atoms with Crippen molar-refractivity contribution >= 4 is 58.0 Å². The molecule has 0 heterocycles. The minimum absolute atomic E-state index is 0.836. The first-order chi connectivity index (χ1) is 22.9. The molecule has 0 aliphatic heterocycles. The molecule has 0 saturated heterocycles. The van der Waals surface area contributed by atoms with Gasteiger partial charge in [0.25, 0.3) is 0 Å². The van der Waals surface area contributed by atoms with Crippen LogP contribution in [0, 0.1) is 0 Å². The Morgan fingerprint density at radius 1 is 0.326 bits per heavy atom. The van der Waals surface area contributed by atoms with E-state index in [2.05, 4.69) is 194 Å². The van der Waals surface area contributed by atoms with Crippen LogP contribution in [0.2, 0.25) is 0 Å². The highest BCUT2D eigenvalue weighted by Crippen LogP contribution is 2.68. The van der Waals surface area contributed by atoms with E-state index in [9.17, 15) is 0 Å². The molecule has 0 amide bonds. The lowest BCUT2D eigenvalue weighted by atomic mass is 9.91. The van der Waals surface area contributed by atoms with Gasteiger partial charge in [-0.05, 0) is 81.0 Å². The van der Waals surface area contributed by atoms with E-state index >= 15 is 0 Å². The Labute approximate surface area is 273 Å². The highest BCUT2D eigenvalue weighted by Gasteiger charge is 2.33. The van der Waals surface area contributed by atoms with Crippen molar-refractivity contribution < 1.29 is 0 Å². The van der Waals surface area contributed by atoms with Crippen molar-refractivity contribution in [3.05, 3.63) is 194 Å². The summed E-state index contributed by atoms with van der Waals surface area (Å²) in [6.07, 6.45) is 0. The van der Waals surface area contributed by atoms with Crippen LogP contribution < -0.4 is 21.2 Å². The van der Waals surface area contributed by atoms with Crippen molar-refractivity contribution in [2.45, 2.75) is 0 Å². The third-order valence-corrected chi connectivity index (χ3v) is 16.1. The fraction of sp³-hybridized carbons (Fsp3) is 0. The average molecular weight is 623 g/mol. The number of rotatable bonds is 7. The van der Waals surface area contributed by atoms with E-state index in [-0.39, 0.29) is 0 Å². The predicted molar refractivity (Wildman–Crippen MR) is 204 cm³/mol. The van der Waals surface area contributed by atoms with E-state index in [0.717, 1.165) is 0 Å². The lowest BCUT2D eigenvalue weighted by molar-refractivity contribution is 1.62. The summed E-state index contributed by atoms with van der Waals surface area (Å²) in [6.45, 7) is 0. The van der Waals surface area contributed by atoms with Crippen LogP contribution in [0.5, 0.6) is 0 Å². The van der Waals surface area contributed by atoms with Crippen LogP contribution in [-0.2, 0) is 0 Å². The minimum Gasteiger partial charge on any atom is -0.0622 e. The third-order valence-electron chi connectivity index (χ3n) is 8.58. The number of fused-ring (bicyclic) bond motifs is 2. The lowest BCUT2D eigenvalue weighted by Gasteiger charge is -2.34. The summed E-state index contributed by atoms with van der Waals surface area (Å²) in [6, 6.07) is 71.9. The molecule has 1 atom stereocenters. The Hall–Kier alpha value is -4.86. The smallest absolute Gasteiger partial charge is 0.00170 e. The zero-order valence-corrected chi connectivity index (χ0v) is 27.2. The van der Waals surface area contributed by atoms with Gasteiger partial charge in [-0.2, -0.15) is 0 Å². The van der Waals surface area contributed by atoms with E-state index in [1.54, 1.807) is 0 Å². The van der Waals surface area contributed by atoms with E-state index in [0.29, 0.717) is 0 Å². The molecule has 0 N–H and O–H groups in total. The van der Waals surface area contributed by atoms with Crippen LogP contribution in [0.4, 0.5) is 0 Å². The molecule has 46 heavy (non-hydrogen) atoms. The second kappa shape index (κ2) is 12.9. The topological polar surface area (TPSA) is 0 Å². The number of benzene rings is 8. The standard InChI is InChI=1S/C44H32P2/c1-5-18-34(19-6-1)41-32-36-23-14-16-30-40(36)44(43(41)35-21-7-2-8-22-35)46(42-31-17-24-33-20-13-15-29-39(33)42)45(37-25-9-3-10-26-37)38-27-11-4-12-28-38/h1-32H. The fourth-order valence-corrected chi connectivity index (χ4v) is 15.0. The van der Waals surface area contributed by atoms with Gasteiger partial charge in [0, 0.05) is 5.30 Å². The molecule has 0 aromatic heterocycles. The van der Waals surface area contributed by atoms with E-state index in [4.69, 9.17) is 0 Å². The maximum atomic E-state index is 2.42. The second-order valence-electron chi connectivity index (χ2n) is 11.4. The van der Waals surface area contributed by atoms with Gasteiger partial charge in [-0.1, -0.05) is 188 Å². The number of hydrogen-bond acceptors (Lipinski definition) is 0. The summed E-state index contributed by atoms with van der Waals surface area (Å²) < 4.78 is 0. The minimum atomic E-state index is -0.953. The molecule has 0 radical (unpaired) electrons. The Balaban J connectivity index is 1.59. The summed E-state index contributed by atoms with van der Waals surface area (Å²) in [5, 5.41) is 10.9. The van der Waals surface area contributed by atoms with E-state index < -0.39 is 15.2 Å². The molecule has 0 fully saturated rings. The van der Waals surface area contributed by atoms with Crippen LogP contribution in [-0.4, -0.2) is 0 Å². The Morgan fingerprint density at radius 3 is 1.43 bits per heavy atom. The molecule has 8 rings (SSSR count). The maximum absolute atomic E-state index is 2.42. The number of hydrogen-bond donors (Lipinski definition) is 0. The van der Waals surface area contributed by atoms with Crippen molar-refractivity contribution in [2.24, 2.45) is 0 Å². The Kier molecular flexibility index (Phi) is 8.00. The summed E-state index contributed by atoms with van der Waals surface area (Å²) in [7, 11) is -1.79. The van der Waals surface area contributed by atoms with Gasteiger partial charge < -0.3 is 0 Å². The first-order valence-corrected chi connectivity index (χ1v) is 19.1. The van der Waals surface area contributed by atoms with Crippen molar-refractivity contribution in [2.75, 3.05) is 0 Å². The van der Waals surface area contributed by atoms with Crippen LogP contribution >= 0.6 is 15.2 Å². The van der Waals surface area contributed by atoms with E-state index in [1.165, 1.54) is 65.0 Å². The van der Waals surface area contributed by atoms with Crippen molar-refractivity contribution in [3.8, 4) is 22.3 Å². The predicted octanol–water partition coefficient (Wildman–Crippen LogP) is 10.8. The van der Waals surface area contributed by atoms with Gasteiger partial charge in [0.2, 0.25) is 0 Å². The third kappa shape index (κ3) is 5.35. The van der Waals surface area contributed by atoms with Gasteiger partial charge in [0.05, 0.1) is 0 Å². The highest BCUT2D eigenvalue weighted by atomic mass is 32.1. The zero-order valence-electron chi connectivity index (χ0n) is 25.4. The summed E-state index contributed by atoms with van der Waals surface area (Å²) >= 11 is 0. The quantitative estimate of drug-likeness (QED) is 0.155. The molecule has 0 nitrogen and oxygen atoms in total. The Morgan fingerprint density at radius 2 is 0.804 bits per heavy atom. The molecular formula is C44H32P2. The van der Waals surface area contributed by atoms with Crippen LogP contribution in [0.15, 0.2) is 194 Å². The van der Waals surface area contributed by atoms with Gasteiger partial charge in [-0.25, -0.2) is 0 Å². The molecular weight excluding hydrogens is 590 g/mol. The second-order valence-corrected chi connectivity index (χ2v) is 17.0. The molecule has 1 unspecified atom stereocenters. The molecule has 0 aliphatic rings. The van der Waals surface area contributed by atoms with Gasteiger partial charge >= 0.3 is 0 Å². The van der Waals surface area contributed by atoms with Crippen LogP contribution in [0.3, 0.4) is 0 Å². The maximum Gasteiger partial charge on any atom is 0.00170 e. The SMILES string of the molecule is c1ccc(-c2cc3ccccc3c(P(c3cccc4ccccc34)P(c3ccccc3)c3ccccc3)c2-c2ccccc2)cc1. The molecule has 8 aromatic rings. The largest absolute Gasteiger partial charge is 0.0622 e. The monoisotopic (exact) mass is 622 g/mol. The summed E-state index contributed by atoms with van der Waals surface area (Å²) in [5.41, 5.74) is 5.11.